The fourth-order valence-corrected chi connectivity index (χ4v) is 2.85. The predicted molar refractivity (Wildman–Crippen MR) is 95.4 cm³/mol. The molecule has 1 saturated heterocycles. The summed E-state index contributed by atoms with van der Waals surface area (Å²) in [6.07, 6.45) is 1.47. The zero-order chi connectivity index (χ0) is 18.0. The maximum atomic E-state index is 12.3. The number of nitrogens with zero attached hydrogens (tertiary/aromatic N) is 3. The van der Waals surface area contributed by atoms with Crippen molar-refractivity contribution in [2.75, 3.05) is 18.9 Å². The predicted octanol–water partition coefficient (Wildman–Crippen LogP) is 2.99. The molecule has 1 aromatic heterocycles. The first-order chi connectivity index (χ1) is 11.8. The number of likely N-dealkylation sites (tertiary alicyclic amines) is 1. The SMILES string of the molecule is CC(C)(C)OC(=O)N1CCC[C@@H]1COc1nc2ccccc2nc1N. The van der Waals surface area contributed by atoms with Crippen LogP contribution in [0.25, 0.3) is 11.0 Å². The van der Waals surface area contributed by atoms with Crippen LogP contribution in [0.15, 0.2) is 24.3 Å². The van der Waals surface area contributed by atoms with Gasteiger partial charge in [-0.2, -0.15) is 0 Å². The van der Waals surface area contributed by atoms with Gasteiger partial charge in [0.05, 0.1) is 17.1 Å². The minimum absolute atomic E-state index is 0.0532. The molecule has 7 heteroatoms. The fourth-order valence-electron chi connectivity index (χ4n) is 2.85. The topological polar surface area (TPSA) is 90.6 Å². The van der Waals surface area contributed by atoms with Gasteiger partial charge >= 0.3 is 6.09 Å². The number of nitrogens with two attached hydrogens (primary N) is 1. The van der Waals surface area contributed by atoms with Crippen LogP contribution in [0.5, 0.6) is 5.88 Å². The number of aromatic nitrogens is 2. The molecule has 0 aliphatic carbocycles. The van der Waals surface area contributed by atoms with E-state index in [2.05, 4.69) is 9.97 Å². The summed E-state index contributed by atoms with van der Waals surface area (Å²) in [7, 11) is 0. The molecule has 2 aromatic rings. The van der Waals surface area contributed by atoms with Crippen molar-refractivity contribution < 1.29 is 14.3 Å². The van der Waals surface area contributed by atoms with Crippen LogP contribution in [0.2, 0.25) is 0 Å². The van der Waals surface area contributed by atoms with E-state index in [-0.39, 0.29) is 18.0 Å². The van der Waals surface area contributed by atoms with Gasteiger partial charge in [-0.1, -0.05) is 12.1 Å². The summed E-state index contributed by atoms with van der Waals surface area (Å²) in [5, 5.41) is 0. The van der Waals surface area contributed by atoms with E-state index >= 15 is 0 Å². The van der Waals surface area contributed by atoms with E-state index in [0.717, 1.165) is 23.9 Å². The van der Waals surface area contributed by atoms with Crippen molar-refractivity contribution >= 4 is 22.9 Å². The van der Waals surface area contributed by atoms with Crippen LogP contribution in [0.1, 0.15) is 33.6 Å². The van der Waals surface area contributed by atoms with Gasteiger partial charge in [-0.15, -0.1) is 0 Å². The molecule has 2 N–H and O–H groups in total. The minimum Gasteiger partial charge on any atom is -0.473 e. The number of ether oxygens (including phenoxy) is 2. The van der Waals surface area contributed by atoms with Crippen LogP contribution in [0.4, 0.5) is 10.6 Å². The summed E-state index contributed by atoms with van der Waals surface area (Å²) < 4.78 is 11.3. The van der Waals surface area contributed by atoms with Crippen LogP contribution >= 0.6 is 0 Å². The molecule has 2 heterocycles. The molecule has 0 bridgehead atoms. The van der Waals surface area contributed by atoms with Gasteiger partial charge < -0.3 is 20.1 Å². The smallest absolute Gasteiger partial charge is 0.410 e. The summed E-state index contributed by atoms with van der Waals surface area (Å²) in [4.78, 5) is 22.8. The Morgan fingerprint density at radius 3 is 2.64 bits per heavy atom. The number of amides is 1. The molecule has 134 valence electrons. The van der Waals surface area contributed by atoms with Gasteiger partial charge in [-0.05, 0) is 45.7 Å². The first-order valence-electron chi connectivity index (χ1n) is 8.48. The Balaban J connectivity index is 1.68. The van der Waals surface area contributed by atoms with Gasteiger partial charge in [-0.25, -0.2) is 14.8 Å². The highest BCUT2D eigenvalue weighted by Crippen LogP contribution is 2.24. The average Bonchev–Trinajstić information content (AvgIpc) is 3.00. The Labute approximate surface area is 147 Å². The summed E-state index contributed by atoms with van der Waals surface area (Å²) in [5.41, 5.74) is 6.88. The molecule has 0 unspecified atom stereocenters. The monoisotopic (exact) mass is 344 g/mol. The third-order valence-electron chi connectivity index (χ3n) is 3.98. The van der Waals surface area contributed by atoms with E-state index < -0.39 is 5.60 Å². The van der Waals surface area contributed by atoms with E-state index in [4.69, 9.17) is 15.2 Å². The number of para-hydroxylation sites is 2. The number of carbonyl (C=O) groups excluding carboxylic acids is 1. The van der Waals surface area contributed by atoms with E-state index in [9.17, 15) is 4.79 Å². The van der Waals surface area contributed by atoms with Crippen molar-refractivity contribution in [3.8, 4) is 5.88 Å². The molecule has 1 fully saturated rings. The highest BCUT2D eigenvalue weighted by atomic mass is 16.6. The second kappa shape index (κ2) is 6.74. The molecule has 1 aliphatic rings. The molecular weight excluding hydrogens is 320 g/mol. The van der Waals surface area contributed by atoms with E-state index in [0.29, 0.717) is 19.0 Å². The van der Waals surface area contributed by atoms with E-state index in [1.165, 1.54) is 0 Å². The Bertz CT molecular complexity index is 772. The van der Waals surface area contributed by atoms with Gasteiger partial charge in [0.2, 0.25) is 0 Å². The molecule has 1 aromatic carbocycles. The number of carbonyl (C=O) groups is 1. The standard InChI is InChI=1S/C18H24N4O3/c1-18(2,3)25-17(23)22-10-6-7-12(22)11-24-16-15(19)20-13-8-4-5-9-14(13)21-16/h4-5,8-9,12H,6-7,10-11H2,1-3H3,(H2,19,20)/t12-/m1/s1. The fraction of sp³-hybridized carbons (Fsp3) is 0.500. The lowest BCUT2D eigenvalue weighted by Gasteiger charge is -2.28. The van der Waals surface area contributed by atoms with Crippen molar-refractivity contribution in [3.05, 3.63) is 24.3 Å². The van der Waals surface area contributed by atoms with Crippen LogP contribution < -0.4 is 10.5 Å². The van der Waals surface area contributed by atoms with Crippen molar-refractivity contribution in [2.45, 2.75) is 45.3 Å². The van der Waals surface area contributed by atoms with Crippen LogP contribution in [0, 0.1) is 0 Å². The Hall–Kier alpha value is -2.57. The number of anilines is 1. The largest absolute Gasteiger partial charge is 0.473 e. The maximum absolute atomic E-state index is 12.3. The second-order valence-electron chi connectivity index (χ2n) is 7.18. The zero-order valence-electron chi connectivity index (χ0n) is 14.9. The van der Waals surface area contributed by atoms with Crippen molar-refractivity contribution in [3.63, 3.8) is 0 Å². The first-order valence-corrected chi connectivity index (χ1v) is 8.48. The Kier molecular flexibility index (Phi) is 4.65. The van der Waals surface area contributed by atoms with Crippen molar-refractivity contribution in [1.29, 1.82) is 0 Å². The Morgan fingerprint density at radius 1 is 1.28 bits per heavy atom. The first kappa shape index (κ1) is 17.3. The molecule has 1 aliphatic heterocycles. The van der Waals surface area contributed by atoms with Gasteiger partial charge in [0.25, 0.3) is 5.88 Å². The molecule has 3 rings (SSSR count). The second-order valence-corrected chi connectivity index (χ2v) is 7.18. The third-order valence-corrected chi connectivity index (χ3v) is 3.98. The molecule has 0 radical (unpaired) electrons. The molecule has 0 saturated carbocycles. The van der Waals surface area contributed by atoms with Crippen LogP contribution in [-0.4, -0.2) is 45.8 Å². The molecule has 0 spiro atoms. The molecule has 1 amide bonds. The number of hydrogen-bond acceptors (Lipinski definition) is 6. The van der Waals surface area contributed by atoms with Gasteiger partial charge in [0, 0.05) is 6.54 Å². The highest BCUT2D eigenvalue weighted by Gasteiger charge is 2.32. The highest BCUT2D eigenvalue weighted by molar-refractivity contribution is 5.76. The van der Waals surface area contributed by atoms with E-state index in [1.54, 1.807) is 4.90 Å². The quantitative estimate of drug-likeness (QED) is 0.920. The number of nitrogen functional groups attached to an aromatic ring is 1. The number of fused-ring (bicyclic) bond motifs is 1. The zero-order valence-corrected chi connectivity index (χ0v) is 14.9. The van der Waals surface area contributed by atoms with Gasteiger partial charge in [0.15, 0.2) is 5.82 Å². The maximum Gasteiger partial charge on any atom is 0.410 e. The summed E-state index contributed by atoms with van der Waals surface area (Å²) in [5.74, 6) is 0.551. The summed E-state index contributed by atoms with van der Waals surface area (Å²) >= 11 is 0. The average molecular weight is 344 g/mol. The van der Waals surface area contributed by atoms with Crippen LogP contribution in [-0.2, 0) is 4.74 Å². The number of hydrogen-bond donors (Lipinski definition) is 1. The number of rotatable bonds is 3. The van der Waals surface area contributed by atoms with Gasteiger partial charge in [-0.3, -0.25) is 0 Å². The normalized spacial score (nSPS) is 17.7. The summed E-state index contributed by atoms with van der Waals surface area (Å²) in [6, 6.07) is 7.43. The number of benzene rings is 1. The van der Waals surface area contributed by atoms with Crippen molar-refractivity contribution in [1.82, 2.24) is 14.9 Å². The summed E-state index contributed by atoms with van der Waals surface area (Å²) in [6.45, 7) is 6.56. The Morgan fingerprint density at radius 2 is 1.96 bits per heavy atom. The molecule has 7 nitrogen and oxygen atoms in total. The van der Waals surface area contributed by atoms with E-state index in [1.807, 2.05) is 45.0 Å². The minimum atomic E-state index is -0.515. The van der Waals surface area contributed by atoms with Crippen molar-refractivity contribution in [2.24, 2.45) is 0 Å². The lowest BCUT2D eigenvalue weighted by atomic mass is 10.2. The van der Waals surface area contributed by atoms with Crippen LogP contribution in [0.3, 0.4) is 0 Å². The van der Waals surface area contributed by atoms with Gasteiger partial charge in [0.1, 0.15) is 12.2 Å². The third kappa shape index (κ3) is 4.10. The molecule has 1 atom stereocenters. The lowest BCUT2D eigenvalue weighted by molar-refractivity contribution is 0.0186. The molecular formula is C18H24N4O3. The molecule has 25 heavy (non-hydrogen) atoms. The lowest BCUT2D eigenvalue weighted by Crippen LogP contribution is -2.42.